The number of carbonyl (C=O) groups excluding carboxylic acids is 2. The Kier molecular flexibility index (Phi) is 4.89. The Bertz CT molecular complexity index is 437. The van der Waals surface area contributed by atoms with Crippen LogP contribution in [0.2, 0.25) is 0 Å². The molecule has 0 saturated heterocycles. The summed E-state index contributed by atoms with van der Waals surface area (Å²) < 4.78 is 5.10. The number of carbonyl (C=O) groups is 2. The van der Waals surface area contributed by atoms with E-state index >= 15 is 0 Å². The molecule has 92 valence electrons. The van der Waals surface area contributed by atoms with Crippen molar-refractivity contribution >= 4 is 33.7 Å². The van der Waals surface area contributed by atoms with Crippen LogP contribution in [0.15, 0.2) is 16.7 Å². The van der Waals surface area contributed by atoms with Gasteiger partial charge in [-0.2, -0.15) is 0 Å². The maximum atomic E-state index is 11.4. The first-order valence-corrected chi connectivity index (χ1v) is 5.66. The highest BCUT2D eigenvalue weighted by atomic mass is 79.9. The summed E-state index contributed by atoms with van der Waals surface area (Å²) in [5, 5.41) is 5.05. The molecule has 0 spiro atoms. The van der Waals surface area contributed by atoms with Gasteiger partial charge in [0.25, 0.3) is 0 Å². The predicted molar refractivity (Wildman–Crippen MR) is 66.0 cm³/mol. The van der Waals surface area contributed by atoms with E-state index in [-0.39, 0.29) is 11.8 Å². The van der Waals surface area contributed by atoms with Crippen molar-refractivity contribution in [3.63, 3.8) is 0 Å². The van der Waals surface area contributed by atoms with Gasteiger partial charge in [-0.1, -0.05) is 0 Å². The number of nitrogens with one attached hydrogen (secondary N) is 2. The second-order valence-electron chi connectivity index (χ2n) is 3.03. The number of amides is 2. The number of ether oxygens (including phenoxy) is 1. The van der Waals surface area contributed by atoms with Crippen LogP contribution in [0.25, 0.3) is 0 Å². The number of hydrogen-bond acceptors (Lipinski definition) is 4. The zero-order chi connectivity index (χ0) is 12.8. The topological polar surface area (TPSA) is 80.3 Å². The third-order valence-corrected chi connectivity index (χ3v) is 2.47. The third-order valence-electron chi connectivity index (χ3n) is 1.84. The quantitative estimate of drug-likeness (QED) is 0.834. The standard InChI is InChI=1S/C10H12BrN3O3/c1-3-12-10(16)14-8-4-6(9(15)17-2)7(11)5-13-8/h4-5H,3H2,1-2H3,(H2,12,13,14,16). The Morgan fingerprint density at radius 2 is 2.24 bits per heavy atom. The number of aromatic nitrogens is 1. The lowest BCUT2D eigenvalue weighted by molar-refractivity contribution is 0.0599. The van der Waals surface area contributed by atoms with Crippen LogP contribution in [0.3, 0.4) is 0 Å². The van der Waals surface area contributed by atoms with E-state index in [4.69, 9.17) is 0 Å². The fourth-order valence-corrected chi connectivity index (χ4v) is 1.47. The first-order valence-electron chi connectivity index (χ1n) is 4.87. The first kappa shape index (κ1) is 13.4. The van der Waals surface area contributed by atoms with Gasteiger partial charge in [-0.25, -0.2) is 14.6 Å². The lowest BCUT2D eigenvalue weighted by Gasteiger charge is -2.07. The van der Waals surface area contributed by atoms with Gasteiger partial charge in [-0.05, 0) is 28.9 Å². The van der Waals surface area contributed by atoms with Gasteiger partial charge in [-0.15, -0.1) is 0 Å². The maximum Gasteiger partial charge on any atom is 0.339 e. The minimum absolute atomic E-state index is 0.277. The second kappa shape index (κ2) is 6.19. The highest BCUT2D eigenvalue weighted by Gasteiger charge is 2.12. The van der Waals surface area contributed by atoms with Crippen LogP contribution in [0.4, 0.5) is 10.6 Å². The van der Waals surface area contributed by atoms with Crippen LogP contribution >= 0.6 is 15.9 Å². The molecule has 2 N–H and O–H groups in total. The minimum atomic E-state index is -0.502. The highest BCUT2D eigenvalue weighted by molar-refractivity contribution is 9.10. The average molecular weight is 302 g/mol. The zero-order valence-corrected chi connectivity index (χ0v) is 11.0. The van der Waals surface area contributed by atoms with Gasteiger partial charge >= 0.3 is 12.0 Å². The van der Waals surface area contributed by atoms with E-state index in [2.05, 4.69) is 36.3 Å². The Morgan fingerprint density at radius 1 is 1.53 bits per heavy atom. The lowest BCUT2D eigenvalue weighted by atomic mass is 10.2. The smallest absolute Gasteiger partial charge is 0.339 e. The van der Waals surface area contributed by atoms with Gasteiger partial charge in [0.1, 0.15) is 5.82 Å². The Labute approximate surface area is 107 Å². The zero-order valence-electron chi connectivity index (χ0n) is 9.41. The van der Waals surface area contributed by atoms with Crippen molar-refractivity contribution in [2.24, 2.45) is 0 Å². The van der Waals surface area contributed by atoms with Gasteiger partial charge in [0, 0.05) is 12.7 Å². The van der Waals surface area contributed by atoms with E-state index in [1.54, 1.807) is 6.92 Å². The van der Waals surface area contributed by atoms with Gasteiger partial charge in [0.2, 0.25) is 0 Å². The number of halogens is 1. The monoisotopic (exact) mass is 301 g/mol. The molecule has 0 fully saturated rings. The number of pyridine rings is 1. The van der Waals surface area contributed by atoms with Crippen LogP contribution in [0.1, 0.15) is 17.3 Å². The van der Waals surface area contributed by atoms with Crippen molar-refractivity contribution in [3.8, 4) is 0 Å². The SMILES string of the molecule is CCNC(=O)Nc1cc(C(=O)OC)c(Br)cn1. The van der Waals surface area contributed by atoms with E-state index in [1.165, 1.54) is 19.4 Å². The fraction of sp³-hybridized carbons (Fsp3) is 0.300. The number of anilines is 1. The minimum Gasteiger partial charge on any atom is -0.465 e. The molecule has 1 rings (SSSR count). The first-order chi connectivity index (χ1) is 8.08. The second-order valence-corrected chi connectivity index (χ2v) is 3.88. The number of urea groups is 1. The molecule has 0 radical (unpaired) electrons. The van der Waals surface area contributed by atoms with E-state index < -0.39 is 5.97 Å². The third kappa shape index (κ3) is 3.70. The summed E-state index contributed by atoms with van der Waals surface area (Å²) in [7, 11) is 1.28. The van der Waals surface area contributed by atoms with Crippen LogP contribution in [0, 0.1) is 0 Å². The van der Waals surface area contributed by atoms with Crippen molar-refractivity contribution < 1.29 is 14.3 Å². The number of hydrogen-bond donors (Lipinski definition) is 2. The highest BCUT2D eigenvalue weighted by Crippen LogP contribution is 2.19. The average Bonchev–Trinajstić information content (AvgIpc) is 2.31. The molecule has 6 nitrogen and oxygen atoms in total. The van der Waals surface area contributed by atoms with E-state index in [1.807, 2.05) is 0 Å². The fourth-order valence-electron chi connectivity index (χ4n) is 1.09. The van der Waals surface area contributed by atoms with Gasteiger partial charge in [0.05, 0.1) is 17.1 Å². The molecule has 0 bridgehead atoms. The molecule has 0 atom stereocenters. The van der Waals surface area contributed by atoms with Crippen LogP contribution in [-0.4, -0.2) is 30.6 Å². The molecule has 0 aliphatic heterocycles. The van der Waals surface area contributed by atoms with E-state index in [0.717, 1.165) is 0 Å². The molecule has 0 saturated carbocycles. The number of nitrogens with zero attached hydrogens (tertiary/aromatic N) is 1. The van der Waals surface area contributed by atoms with Crippen molar-refractivity contribution in [2.75, 3.05) is 19.0 Å². The summed E-state index contributed by atoms with van der Waals surface area (Å²) in [5.41, 5.74) is 0.300. The number of methoxy groups -OCH3 is 1. The molecule has 1 aromatic rings. The molecular weight excluding hydrogens is 290 g/mol. The number of rotatable bonds is 3. The summed E-state index contributed by atoms with van der Waals surface area (Å²) in [6.45, 7) is 2.31. The molecule has 17 heavy (non-hydrogen) atoms. The van der Waals surface area contributed by atoms with Crippen LogP contribution in [-0.2, 0) is 4.74 Å². The Balaban J connectivity index is 2.89. The van der Waals surface area contributed by atoms with E-state index in [9.17, 15) is 9.59 Å². The van der Waals surface area contributed by atoms with Crippen molar-refractivity contribution in [2.45, 2.75) is 6.92 Å². The molecule has 1 heterocycles. The largest absolute Gasteiger partial charge is 0.465 e. The van der Waals surface area contributed by atoms with Crippen molar-refractivity contribution in [1.82, 2.24) is 10.3 Å². The molecule has 2 amide bonds. The van der Waals surface area contributed by atoms with Crippen LogP contribution in [0.5, 0.6) is 0 Å². The molecular formula is C10H12BrN3O3. The normalized spacial score (nSPS) is 9.59. The molecule has 0 aromatic carbocycles. The van der Waals surface area contributed by atoms with Gasteiger partial charge in [-0.3, -0.25) is 5.32 Å². The van der Waals surface area contributed by atoms with Crippen molar-refractivity contribution in [1.29, 1.82) is 0 Å². The predicted octanol–water partition coefficient (Wildman–Crippen LogP) is 1.77. The summed E-state index contributed by atoms with van der Waals surface area (Å²) >= 11 is 3.18. The Morgan fingerprint density at radius 3 is 2.82 bits per heavy atom. The van der Waals surface area contributed by atoms with Crippen molar-refractivity contribution in [3.05, 3.63) is 22.3 Å². The maximum absolute atomic E-state index is 11.4. The van der Waals surface area contributed by atoms with Crippen LogP contribution < -0.4 is 10.6 Å². The molecule has 1 aromatic heterocycles. The Hall–Kier alpha value is -1.63. The summed E-state index contributed by atoms with van der Waals surface area (Å²) in [6.07, 6.45) is 1.42. The summed E-state index contributed by atoms with van der Waals surface area (Å²) in [6, 6.07) is 1.06. The van der Waals surface area contributed by atoms with E-state index in [0.29, 0.717) is 16.6 Å². The van der Waals surface area contributed by atoms with Gasteiger partial charge < -0.3 is 10.1 Å². The summed E-state index contributed by atoms with van der Waals surface area (Å²) in [5.74, 6) is -0.224. The number of esters is 1. The summed E-state index contributed by atoms with van der Waals surface area (Å²) in [4.78, 5) is 26.6. The lowest BCUT2D eigenvalue weighted by Crippen LogP contribution is -2.28. The molecule has 0 unspecified atom stereocenters. The van der Waals surface area contributed by atoms with Gasteiger partial charge in [0.15, 0.2) is 0 Å². The molecule has 0 aliphatic rings. The molecule has 0 aliphatic carbocycles. The molecule has 7 heteroatoms.